The third kappa shape index (κ3) is 49.0. The van der Waals surface area contributed by atoms with Crippen LogP contribution in [0.25, 0.3) is 0 Å². The number of likely N-dealkylation sites (N-methyl/N-ethyl adjacent to an activating group) is 1. The van der Waals surface area contributed by atoms with Crippen LogP contribution in [-0.2, 0) is 27.9 Å². The molecule has 9 nitrogen and oxygen atoms in total. The number of amides is 1. The topological polar surface area (TPSA) is 111 Å². The zero-order valence-corrected chi connectivity index (χ0v) is 45.8. The Hall–Kier alpha value is -1.77. The largest absolute Gasteiger partial charge is 0.472 e. The summed E-state index contributed by atoms with van der Waals surface area (Å²) in [5, 5.41) is 3.04. The van der Waals surface area contributed by atoms with Gasteiger partial charge >= 0.3 is 13.8 Å². The first-order valence-corrected chi connectivity index (χ1v) is 29.8. The number of nitrogens with zero attached hydrogens (tertiary/aromatic N) is 1. The Kier molecular flexibility index (Phi) is 46.6. The third-order valence-electron chi connectivity index (χ3n) is 12.6. The van der Waals surface area contributed by atoms with Gasteiger partial charge in [-0.2, -0.15) is 0 Å². The lowest BCUT2D eigenvalue weighted by Crippen LogP contribution is -2.47. The van der Waals surface area contributed by atoms with Gasteiger partial charge in [-0.25, -0.2) is 4.57 Å². The van der Waals surface area contributed by atoms with E-state index >= 15 is 0 Å². The lowest BCUT2D eigenvalue weighted by molar-refractivity contribution is -0.870. The van der Waals surface area contributed by atoms with Gasteiger partial charge in [-0.15, -0.1) is 0 Å². The van der Waals surface area contributed by atoms with E-state index < -0.39 is 20.0 Å². The maximum absolute atomic E-state index is 13.5. The summed E-state index contributed by atoms with van der Waals surface area (Å²) in [4.78, 5) is 37.5. The molecule has 0 saturated heterocycles. The van der Waals surface area contributed by atoms with E-state index in [1.54, 1.807) is 0 Å². The number of rotatable bonds is 51. The number of ether oxygens (including phenoxy) is 1. The van der Waals surface area contributed by atoms with Crippen LogP contribution in [-0.4, -0.2) is 74.3 Å². The molecule has 0 bridgehead atoms. The molecule has 0 spiro atoms. The average Bonchev–Trinajstić information content (AvgIpc) is 3.28. The van der Waals surface area contributed by atoms with Crippen molar-refractivity contribution in [3.63, 3.8) is 0 Å². The quantitative estimate of drug-likeness (QED) is 0.0156. The number of hydrogen-bond acceptors (Lipinski definition) is 6. The molecule has 0 aromatic rings. The van der Waals surface area contributed by atoms with Gasteiger partial charge in [0.15, 0.2) is 0 Å². The van der Waals surface area contributed by atoms with Crippen molar-refractivity contribution in [2.24, 2.45) is 0 Å². The second-order valence-corrected chi connectivity index (χ2v) is 22.0. The number of nitrogens with one attached hydrogen (secondary N) is 1. The van der Waals surface area contributed by atoms with Crippen LogP contribution in [0, 0.1) is 0 Å². The fraction of sp³-hybridized carbons (Fsp3) is 0.860. The van der Waals surface area contributed by atoms with Crippen LogP contribution in [0.2, 0.25) is 0 Å². The van der Waals surface area contributed by atoms with Gasteiger partial charge in [0.05, 0.1) is 33.8 Å². The lowest BCUT2D eigenvalue weighted by atomic mass is 10.0. The van der Waals surface area contributed by atoms with E-state index in [-0.39, 0.29) is 25.1 Å². The minimum atomic E-state index is -4.44. The summed E-state index contributed by atoms with van der Waals surface area (Å²) in [6.07, 6.45) is 55.5. The normalized spacial score (nSPS) is 14.1. The van der Waals surface area contributed by atoms with Crippen molar-refractivity contribution in [2.45, 2.75) is 277 Å². The first kappa shape index (κ1) is 65.2. The van der Waals surface area contributed by atoms with E-state index in [0.717, 1.165) is 77.0 Å². The van der Waals surface area contributed by atoms with E-state index in [1.165, 1.54) is 154 Å². The highest BCUT2D eigenvalue weighted by molar-refractivity contribution is 7.47. The number of carbonyl (C=O) groups excluding carboxylic acids is 2. The summed E-state index contributed by atoms with van der Waals surface area (Å²) >= 11 is 0. The number of unbranched alkanes of at least 4 members (excludes halogenated alkanes) is 32. The van der Waals surface area contributed by atoms with Gasteiger partial charge in [0.1, 0.15) is 19.3 Å². The molecular formula is C57H110N2O7P+. The molecule has 0 aliphatic rings. The molecular weight excluding hydrogens is 856 g/mol. The number of phosphoric acid groups is 1. The zero-order chi connectivity index (χ0) is 49.4. The Labute approximate surface area is 415 Å². The predicted molar refractivity (Wildman–Crippen MR) is 286 cm³/mol. The summed E-state index contributed by atoms with van der Waals surface area (Å²) in [5.41, 5.74) is 0. The number of carbonyl (C=O) groups is 2. The van der Waals surface area contributed by atoms with E-state index in [9.17, 15) is 19.0 Å². The van der Waals surface area contributed by atoms with E-state index in [2.05, 4.69) is 50.4 Å². The summed E-state index contributed by atoms with van der Waals surface area (Å²) in [6, 6.07) is -0.849. The predicted octanol–water partition coefficient (Wildman–Crippen LogP) is 16.8. The third-order valence-corrected chi connectivity index (χ3v) is 13.6. The number of quaternary nitrogens is 1. The molecule has 0 saturated carbocycles. The Bertz CT molecular complexity index is 1250. The summed E-state index contributed by atoms with van der Waals surface area (Å²) in [6.45, 7) is 6.98. The highest BCUT2D eigenvalue weighted by Crippen LogP contribution is 2.43. The van der Waals surface area contributed by atoms with Crippen molar-refractivity contribution in [3.05, 3.63) is 36.5 Å². The molecule has 67 heavy (non-hydrogen) atoms. The lowest BCUT2D eigenvalue weighted by Gasteiger charge is -2.27. The van der Waals surface area contributed by atoms with Gasteiger partial charge in [0.2, 0.25) is 5.91 Å². The van der Waals surface area contributed by atoms with Crippen molar-refractivity contribution in [2.75, 3.05) is 40.9 Å². The molecule has 0 heterocycles. The Morgan fingerprint density at radius 3 is 1.34 bits per heavy atom. The van der Waals surface area contributed by atoms with E-state index in [4.69, 9.17) is 13.8 Å². The number of phosphoric ester groups is 1. The van der Waals surface area contributed by atoms with Crippen LogP contribution in [0.4, 0.5) is 0 Å². The summed E-state index contributed by atoms with van der Waals surface area (Å²) < 4.78 is 30.6. The molecule has 1 amide bonds. The molecule has 0 fully saturated rings. The molecule has 3 unspecified atom stereocenters. The molecule has 0 aromatic carbocycles. The van der Waals surface area contributed by atoms with E-state index in [1.807, 2.05) is 33.3 Å². The molecule has 394 valence electrons. The van der Waals surface area contributed by atoms with Crippen molar-refractivity contribution in [1.82, 2.24) is 5.32 Å². The molecule has 3 atom stereocenters. The number of hydrogen-bond donors (Lipinski definition) is 2. The molecule has 0 aliphatic carbocycles. The molecule has 0 aromatic heterocycles. The second kappa shape index (κ2) is 47.9. The molecule has 2 N–H and O–H groups in total. The van der Waals surface area contributed by atoms with Crippen molar-refractivity contribution in [1.29, 1.82) is 0 Å². The number of allylic oxidation sites excluding steroid dienone is 5. The van der Waals surface area contributed by atoms with Gasteiger partial charge in [0.25, 0.3) is 0 Å². The van der Waals surface area contributed by atoms with Crippen LogP contribution >= 0.6 is 7.82 Å². The maximum atomic E-state index is 13.5. The summed E-state index contributed by atoms with van der Waals surface area (Å²) in [5.74, 6) is -0.510. The molecule has 0 rings (SSSR count). The van der Waals surface area contributed by atoms with Gasteiger partial charge in [0, 0.05) is 12.8 Å². The van der Waals surface area contributed by atoms with Crippen LogP contribution in [0.3, 0.4) is 0 Å². The van der Waals surface area contributed by atoms with Crippen LogP contribution < -0.4 is 5.32 Å². The summed E-state index contributed by atoms with van der Waals surface area (Å²) in [7, 11) is 1.49. The van der Waals surface area contributed by atoms with Crippen LogP contribution in [0.15, 0.2) is 36.5 Å². The highest BCUT2D eigenvalue weighted by atomic mass is 31.2. The van der Waals surface area contributed by atoms with Crippen LogP contribution in [0.1, 0.15) is 265 Å². The minimum Gasteiger partial charge on any atom is -0.456 e. The number of esters is 1. The standard InChI is InChI=1S/C57H109N2O7P/c1-7-10-13-16-19-22-25-28-30-31-34-37-40-43-46-49-56(60)58-54(53-65-67(62,63)64-52-51-59(4,5)6)55(48-45-42-39-36-33-27-24-21-18-15-12-9-3)66-57(61)50-47-44-41-38-35-32-29-26-23-20-17-14-11-8-2/h19,22,25,28,45,48,54-55H,7-18,20-21,23-24,26-27,29-44,46-47,49-53H2,1-6H3,(H-,58,60,62,63)/p+1/b22-19+,28-25+,48-45+. The molecule has 10 heteroatoms. The average molecular weight is 966 g/mol. The fourth-order valence-electron chi connectivity index (χ4n) is 8.17. The van der Waals surface area contributed by atoms with Gasteiger partial charge in [-0.3, -0.25) is 18.6 Å². The molecule has 0 radical (unpaired) electrons. The second-order valence-electron chi connectivity index (χ2n) is 20.5. The zero-order valence-electron chi connectivity index (χ0n) is 44.9. The molecule has 0 aliphatic heterocycles. The highest BCUT2D eigenvalue weighted by Gasteiger charge is 2.30. The van der Waals surface area contributed by atoms with Gasteiger partial charge in [-0.05, 0) is 57.4 Å². The van der Waals surface area contributed by atoms with Crippen molar-refractivity contribution >= 4 is 19.7 Å². The van der Waals surface area contributed by atoms with Crippen molar-refractivity contribution < 1.29 is 37.3 Å². The van der Waals surface area contributed by atoms with Gasteiger partial charge < -0.3 is 19.4 Å². The minimum absolute atomic E-state index is 0.0396. The van der Waals surface area contributed by atoms with Gasteiger partial charge in [-0.1, -0.05) is 231 Å². The Morgan fingerprint density at radius 2 is 0.896 bits per heavy atom. The first-order chi connectivity index (χ1) is 32.4. The van der Waals surface area contributed by atoms with Crippen molar-refractivity contribution in [3.8, 4) is 0 Å². The SMILES string of the molecule is CCCCC/C=C/C=C/CCCCCCCCC(=O)NC(COP(=O)(O)OCC[N+](C)(C)C)C(/C=C/CCCCCCCCCCCC)OC(=O)CCCCCCCCCCCCCCCC. The Morgan fingerprint density at radius 1 is 0.522 bits per heavy atom. The Balaban J connectivity index is 5.37. The first-order valence-electron chi connectivity index (χ1n) is 28.3. The smallest absolute Gasteiger partial charge is 0.456 e. The fourth-order valence-corrected chi connectivity index (χ4v) is 8.90. The monoisotopic (exact) mass is 966 g/mol. The van der Waals surface area contributed by atoms with E-state index in [0.29, 0.717) is 23.9 Å². The van der Waals surface area contributed by atoms with Crippen LogP contribution in [0.5, 0.6) is 0 Å². The maximum Gasteiger partial charge on any atom is 0.472 e.